The summed E-state index contributed by atoms with van der Waals surface area (Å²) < 4.78 is 32.3. The second-order valence-corrected chi connectivity index (χ2v) is 13.8. The summed E-state index contributed by atoms with van der Waals surface area (Å²) in [5.41, 5.74) is 0. The van der Waals surface area contributed by atoms with Crippen molar-refractivity contribution in [2.75, 3.05) is 5.75 Å². The van der Waals surface area contributed by atoms with Gasteiger partial charge in [-0.3, -0.25) is 9.35 Å². The van der Waals surface area contributed by atoms with Gasteiger partial charge in [0.2, 0.25) is 5.91 Å². The van der Waals surface area contributed by atoms with Crippen molar-refractivity contribution >= 4 is 16.0 Å². The van der Waals surface area contributed by atoms with Gasteiger partial charge in [-0.05, 0) is 32.1 Å². The van der Waals surface area contributed by atoms with E-state index in [-0.39, 0.29) is 6.42 Å². The van der Waals surface area contributed by atoms with E-state index in [4.69, 9.17) is 0 Å². The van der Waals surface area contributed by atoms with Crippen molar-refractivity contribution in [3.63, 3.8) is 0 Å². The van der Waals surface area contributed by atoms with Crippen molar-refractivity contribution in [1.82, 2.24) is 5.32 Å². The molecule has 0 aliphatic heterocycles. The Kier molecular flexibility index (Phi) is 28.7. The number of carbonyl (C=O) groups excluding carboxylic acids is 1. The second-order valence-electron chi connectivity index (χ2n) is 12.3. The van der Waals surface area contributed by atoms with Crippen LogP contribution in [0.2, 0.25) is 0 Å². The molecule has 0 bridgehead atoms. The average Bonchev–Trinajstić information content (AvgIpc) is 2.96. The van der Waals surface area contributed by atoms with Gasteiger partial charge in [-0.1, -0.05) is 160 Å². The van der Waals surface area contributed by atoms with Crippen molar-refractivity contribution in [3.05, 3.63) is 24.3 Å². The molecule has 3 unspecified atom stereocenters. The Bertz CT molecular complexity index is 798. The molecule has 43 heavy (non-hydrogen) atoms. The maximum Gasteiger partial charge on any atom is 0.267 e. The third kappa shape index (κ3) is 29.3. The average molecular weight is 630 g/mol. The van der Waals surface area contributed by atoms with Crippen LogP contribution >= 0.6 is 0 Å². The molecule has 3 atom stereocenters. The van der Waals surface area contributed by atoms with Crippen molar-refractivity contribution in [2.24, 2.45) is 0 Å². The van der Waals surface area contributed by atoms with Crippen LogP contribution in [0.4, 0.5) is 0 Å². The molecule has 4 N–H and O–H groups in total. The maximum atomic E-state index is 12.5. The number of unbranched alkanes of at least 4 members (excludes halogenated alkanes) is 20. The molecule has 0 fully saturated rings. The molecule has 0 saturated heterocycles. The Morgan fingerprint density at radius 2 is 1.05 bits per heavy atom. The fraction of sp³-hybridized carbons (Fsp3) is 0.857. The number of nitrogens with one attached hydrogen (secondary N) is 1. The summed E-state index contributed by atoms with van der Waals surface area (Å²) in [7, 11) is -4.44. The second kappa shape index (κ2) is 29.5. The monoisotopic (exact) mass is 629 g/mol. The molecule has 0 spiro atoms. The number of rotatable bonds is 31. The zero-order valence-corrected chi connectivity index (χ0v) is 28.5. The molecule has 0 aromatic rings. The van der Waals surface area contributed by atoms with Gasteiger partial charge >= 0.3 is 0 Å². The first-order chi connectivity index (χ1) is 20.7. The van der Waals surface area contributed by atoms with Gasteiger partial charge in [0.25, 0.3) is 10.1 Å². The summed E-state index contributed by atoms with van der Waals surface area (Å²) >= 11 is 0. The highest BCUT2D eigenvalue weighted by Crippen LogP contribution is 2.14. The summed E-state index contributed by atoms with van der Waals surface area (Å²) in [6, 6.07) is -1.24. The standard InChI is InChI=1S/C35H67NO6S/c1-3-5-7-9-11-13-15-17-18-20-22-24-26-28-30-34(38)35(39)36-32(31-43(40,41)42)33(37)29-27-25-23-21-19-16-14-12-10-8-6-4-2/h19,21,27,29,32-34,37-38H,3-18,20,22-26,28,30-31H2,1-2H3,(H,36,39)(H,40,41,42)/b21-19+,29-27+. The maximum absolute atomic E-state index is 12.5. The number of hydrogen-bond donors (Lipinski definition) is 4. The number of aliphatic hydroxyl groups is 2. The van der Waals surface area contributed by atoms with Crippen LogP contribution in [0.25, 0.3) is 0 Å². The van der Waals surface area contributed by atoms with Crippen LogP contribution in [0.5, 0.6) is 0 Å². The van der Waals surface area contributed by atoms with Crippen LogP contribution in [-0.4, -0.2) is 53.1 Å². The zero-order valence-electron chi connectivity index (χ0n) is 27.7. The van der Waals surface area contributed by atoms with E-state index in [0.29, 0.717) is 12.8 Å². The van der Waals surface area contributed by atoms with Gasteiger partial charge < -0.3 is 15.5 Å². The minimum absolute atomic E-state index is 0.277. The van der Waals surface area contributed by atoms with E-state index in [1.54, 1.807) is 6.08 Å². The van der Waals surface area contributed by atoms with Crippen LogP contribution in [0, 0.1) is 0 Å². The number of carbonyl (C=O) groups is 1. The van der Waals surface area contributed by atoms with Crippen molar-refractivity contribution < 1.29 is 28.0 Å². The van der Waals surface area contributed by atoms with Gasteiger partial charge in [0.1, 0.15) is 6.10 Å². The first-order valence-corrected chi connectivity index (χ1v) is 19.3. The minimum atomic E-state index is -4.44. The van der Waals surface area contributed by atoms with Gasteiger partial charge in [0.15, 0.2) is 0 Å². The summed E-state index contributed by atoms with van der Waals surface area (Å²) in [6.07, 6.45) is 32.3. The van der Waals surface area contributed by atoms with Crippen molar-refractivity contribution in [1.29, 1.82) is 0 Å². The van der Waals surface area contributed by atoms with E-state index >= 15 is 0 Å². The lowest BCUT2D eigenvalue weighted by Crippen LogP contribution is -2.50. The largest absolute Gasteiger partial charge is 0.387 e. The lowest BCUT2D eigenvalue weighted by Gasteiger charge is -2.22. The predicted octanol–water partition coefficient (Wildman–Crippen LogP) is 8.60. The molecule has 0 aromatic heterocycles. The number of aliphatic hydroxyl groups excluding tert-OH is 2. The molecule has 1 amide bonds. The third-order valence-corrected chi connectivity index (χ3v) is 8.77. The molecule has 0 rings (SSSR count). The van der Waals surface area contributed by atoms with Crippen molar-refractivity contribution in [3.8, 4) is 0 Å². The van der Waals surface area contributed by atoms with Crippen LogP contribution in [0.1, 0.15) is 168 Å². The van der Waals surface area contributed by atoms with Crippen LogP contribution < -0.4 is 5.32 Å². The third-order valence-electron chi connectivity index (χ3n) is 7.99. The first kappa shape index (κ1) is 41.8. The molecule has 0 radical (unpaired) electrons. The van der Waals surface area contributed by atoms with E-state index in [2.05, 4.69) is 31.3 Å². The first-order valence-electron chi connectivity index (χ1n) is 17.6. The molecule has 0 aliphatic carbocycles. The Morgan fingerprint density at radius 3 is 1.53 bits per heavy atom. The molecule has 8 heteroatoms. The van der Waals surface area contributed by atoms with Crippen LogP contribution in [0.15, 0.2) is 24.3 Å². The van der Waals surface area contributed by atoms with Gasteiger partial charge in [-0.2, -0.15) is 8.42 Å². The van der Waals surface area contributed by atoms with E-state index in [0.717, 1.165) is 32.1 Å². The summed E-state index contributed by atoms with van der Waals surface area (Å²) in [4.78, 5) is 12.5. The summed E-state index contributed by atoms with van der Waals surface area (Å²) in [5, 5.41) is 23.2. The molecular formula is C35H67NO6S. The number of hydrogen-bond acceptors (Lipinski definition) is 5. The van der Waals surface area contributed by atoms with Crippen LogP contribution in [0.3, 0.4) is 0 Å². The lowest BCUT2D eigenvalue weighted by atomic mass is 10.0. The number of allylic oxidation sites excluding steroid dienone is 3. The SMILES string of the molecule is CCCCCCCC/C=C/CC/C=C/C(O)C(CS(=O)(=O)O)NC(=O)C(O)CCCCCCCCCCCCCCCC. The van der Waals surface area contributed by atoms with E-state index < -0.39 is 40.0 Å². The molecular weight excluding hydrogens is 562 g/mol. The van der Waals surface area contributed by atoms with E-state index in [9.17, 15) is 28.0 Å². The quantitative estimate of drug-likeness (QED) is 0.0346. The van der Waals surface area contributed by atoms with E-state index in [1.807, 2.05) is 0 Å². The Hall–Kier alpha value is -1.22. The van der Waals surface area contributed by atoms with Gasteiger partial charge in [-0.25, -0.2) is 0 Å². The minimum Gasteiger partial charge on any atom is -0.387 e. The van der Waals surface area contributed by atoms with Gasteiger partial charge in [0, 0.05) is 0 Å². The lowest BCUT2D eigenvalue weighted by molar-refractivity contribution is -0.130. The number of amides is 1. The predicted molar refractivity (Wildman–Crippen MR) is 181 cm³/mol. The highest BCUT2D eigenvalue weighted by atomic mass is 32.2. The van der Waals surface area contributed by atoms with Gasteiger partial charge in [0.05, 0.1) is 17.9 Å². The van der Waals surface area contributed by atoms with E-state index in [1.165, 1.54) is 109 Å². The summed E-state index contributed by atoms with van der Waals surface area (Å²) in [5.74, 6) is -1.55. The Labute approximate surface area is 265 Å². The van der Waals surface area contributed by atoms with Gasteiger partial charge in [-0.15, -0.1) is 0 Å². The smallest absolute Gasteiger partial charge is 0.267 e. The highest BCUT2D eigenvalue weighted by Gasteiger charge is 2.27. The molecule has 254 valence electrons. The zero-order chi connectivity index (χ0) is 32.0. The fourth-order valence-corrected chi connectivity index (χ4v) is 5.97. The fourth-order valence-electron chi connectivity index (χ4n) is 5.24. The topological polar surface area (TPSA) is 124 Å². The highest BCUT2D eigenvalue weighted by molar-refractivity contribution is 7.85. The normalized spacial score (nSPS) is 14.4. The molecule has 0 saturated carbocycles. The Balaban J connectivity index is 4.18. The Morgan fingerprint density at radius 1 is 0.628 bits per heavy atom. The molecule has 0 heterocycles. The molecule has 0 aromatic carbocycles. The summed E-state index contributed by atoms with van der Waals surface area (Å²) in [6.45, 7) is 4.46. The van der Waals surface area contributed by atoms with Crippen molar-refractivity contribution in [2.45, 2.75) is 186 Å². The van der Waals surface area contributed by atoms with Crippen LogP contribution in [-0.2, 0) is 14.9 Å². The molecule has 0 aliphatic rings. The molecule has 7 nitrogen and oxygen atoms in total.